The summed E-state index contributed by atoms with van der Waals surface area (Å²) < 4.78 is 0. The van der Waals surface area contributed by atoms with Crippen LogP contribution in [0.3, 0.4) is 0 Å². The van der Waals surface area contributed by atoms with Crippen LogP contribution in [-0.4, -0.2) is 22.5 Å². The Morgan fingerprint density at radius 2 is 2.29 bits per heavy atom. The molecule has 0 bridgehead atoms. The van der Waals surface area contributed by atoms with Crippen LogP contribution < -0.4 is 5.32 Å². The van der Waals surface area contributed by atoms with Gasteiger partial charge in [-0.25, -0.2) is 4.79 Å². The first kappa shape index (κ1) is 15.8. The summed E-state index contributed by atoms with van der Waals surface area (Å²) in [5.74, 6) is -0.943. The van der Waals surface area contributed by atoms with E-state index in [0.717, 1.165) is 23.3 Å². The molecule has 1 heterocycles. The lowest BCUT2D eigenvalue weighted by atomic mass is 9.76. The van der Waals surface area contributed by atoms with Gasteiger partial charge in [0.2, 0.25) is 5.91 Å². The molecule has 2 rings (SSSR count). The highest BCUT2D eigenvalue weighted by molar-refractivity contribution is 7.11. The molecule has 1 aromatic rings. The number of aryl methyl sites for hydroxylation is 1. The van der Waals surface area contributed by atoms with Crippen molar-refractivity contribution < 1.29 is 14.7 Å². The van der Waals surface area contributed by atoms with E-state index in [0.29, 0.717) is 18.8 Å². The van der Waals surface area contributed by atoms with E-state index in [2.05, 4.69) is 5.32 Å². The molecule has 114 valence electrons. The van der Waals surface area contributed by atoms with Gasteiger partial charge in [0.1, 0.15) is 5.54 Å². The van der Waals surface area contributed by atoms with Crippen LogP contribution in [0.5, 0.6) is 0 Å². The molecule has 0 spiro atoms. The Bertz CT molecular complexity index is 564. The van der Waals surface area contributed by atoms with E-state index in [1.165, 1.54) is 6.08 Å². The highest BCUT2D eigenvalue weighted by Gasteiger charge is 2.42. The summed E-state index contributed by atoms with van der Waals surface area (Å²) in [6.45, 7) is 4.02. The fraction of sp³-hybridized carbons (Fsp3) is 0.500. The van der Waals surface area contributed by atoms with E-state index in [1.54, 1.807) is 17.4 Å². The van der Waals surface area contributed by atoms with Gasteiger partial charge in [-0.05, 0) is 48.8 Å². The van der Waals surface area contributed by atoms with Crippen molar-refractivity contribution >= 4 is 29.3 Å². The van der Waals surface area contributed by atoms with Crippen LogP contribution in [0.1, 0.15) is 43.0 Å². The average Bonchev–Trinajstić information content (AvgIpc) is 2.82. The van der Waals surface area contributed by atoms with Gasteiger partial charge in [0.05, 0.1) is 0 Å². The van der Waals surface area contributed by atoms with Gasteiger partial charge in [-0.15, -0.1) is 11.3 Å². The standard InChI is InChI=1S/C16H21NO3S/c1-11-4-3-8-16(10-11,15(19)20)17-14(18)6-5-13-12(2)7-9-21-13/h5-7,9,11H,3-4,8,10H2,1-2H3,(H,17,18)(H,19,20)/b6-5+. The number of carboxylic acids is 1. The Balaban J connectivity index is 2.07. The molecule has 1 aromatic heterocycles. The van der Waals surface area contributed by atoms with E-state index in [4.69, 9.17) is 0 Å². The van der Waals surface area contributed by atoms with E-state index in [1.807, 2.05) is 25.3 Å². The van der Waals surface area contributed by atoms with E-state index >= 15 is 0 Å². The van der Waals surface area contributed by atoms with Crippen LogP contribution in [0, 0.1) is 12.8 Å². The number of nitrogens with one attached hydrogen (secondary N) is 1. The van der Waals surface area contributed by atoms with Crippen LogP contribution in [0.2, 0.25) is 0 Å². The number of rotatable bonds is 4. The Hall–Kier alpha value is -1.62. The van der Waals surface area contributed by atoms with Crippen molar-refractivity contribution in [3.63, 3.8) is 0 Å². The molecule has 1 saturated carbocycles. The fourth-order valence-electron chi connectivity index (χ4n) is 2.90. The maximum absolute atomic E-state index is 12.1. The highest BCUT2D eigenvalue weighted by Crippen LogP contribution is 2.32. The molecule has 1 amide bonds. The average molecular weight is 307 g/mol. The minimum Gasteiger partial charge on any atom is -0.480 e. The molecule has 1 aliphatic carbocycles. The normalized spacial score (nSPS) is 25.9. The van der Waals surface area contributed by atoms with Crippen molar-refractivity contribution in [3.8, 4) is 0 Å². The number of carbonyl (C=O) groups is 2. The Morgan fingerprint density at radius 1 is 1.52 bits per heavy atom. The molecule has 0 aliphatic heterocycles. The van der Waals surface area contributed by atoms with Crippen molar-refractivity contribution in [2.45, 2.75) is 45.1 Å². The molecule has 4 nitrogen and oxygen atoms in total. The van der Waals surface area contributed by atoms with Crippen molar-refractivity contribution in [1.29, 1.82) is 0 Å². The lowest BCUT2D eigenvalue weighted by Crippen LogP contribution is -2.56. The third kappa shape index (κ3) is 3.73. The van der Waals surface area contributed by atoms with Crippen molar-refractivity contribution in [2.75, 3.05) is 0 Å². The summed E-state index contributed by atoms with van der Waals surface area (Å²) in [5.41, 5.74) is 0.00660. The summed E-state index contributed by atoms with van der Waals surface area (Å²) >= 11 is 1.56. The highest BCUT2D eigenvalue weighted by atomic mass is 32.1. The molecule has 1 aliphatic rings. The number of carboxylic acid groups (broad SMARTS) is 1. The number of hydrogen-bond donors (Lipinski definition) is 2. The first-order valence-electron chi connectivity index (χ1n) is 7.21. The van der Waals surface area contributed by atoms with Gasteiger partial charge in [-0.2, -0.15) is 0 Å². The minimum absolute atomic E-state index is 0.318. The summed E-state index contributed by atoms with van der Waals surface area (Å²) in [4.78, 5) is 24.7. The second-order valence-electron chi connectivity index (χ2n) is 5.88. The molecular weight excluding hydrogens is 286 g/mol. The maximum atomic E-state index is 12.1. The molecule has 2 N–H and O–H groups in total. The summed E-state index contributed by atoms with van der Waals surface area (Å²) in [7, 11) is 0. The van der Waals surface area contributed by atoms with Crippen LogP contribution in [-0.2, 0) is 9.59 Å². The first-order valence-corrected chi connectivity index (χ1v) is 8.08. The molecule has 0 radical (unpaired) electrons. The van der Waals surface area contributed by atoms with E-state index in [-0.39, 0.29) is 5.91 Å². The molecule has 2 unspecified atom stereocenters. The molecule has 2 atom stereocenters. The third-order valence-electron chi connectivity index (χ3n) is 4.06. The smallest absolute Gasteiger partial charge is 0.329 e. The second-order valence-corrected chi connectivity index (χ2v) is 6.83. The topological polar surface area (TPSA) is 66.4 Å². The van der Waals surface area contributed by atoms with Gasteiger partial charge in [0, 0.05) is 11.0 Å². The monoisotopic (exact) mass is 307 g/mol. The summed E-state index contributed by atoms with van der Waals surface area (Å²) in [5, 5.41) is 14.2. The van der Waals surface area contributed by atoms with Gasteiger partial charge in [0.25, 0.3) is 0 Å². The molecule has 1 fully saturated rings. The zero-order chi connectivity index (χ0) is 15.5. The lowest BCUT2D eigenvalue weighted by molar-refractivity contribution is -0.149. The van der Waals surface area contributed by atoms with Gasteiger partial charge in [0.15, 0.2) is 0 Å². The summed E-state index contributed by atoms with van der Waals surface area (Å²) in [6.07, 6.45) is 6.04. The second kappa shape index (κ2) is 6.43. The Kier molecular flexibility index (Phi) is 4.83. The van der Waals surface area contributed by atoms with Crippen LogP contribution in [0.4, 0.5) is 0 Å². The predicted molar refractivity (Wildman–Crippen MR) is 84.2 cm³/mol. The largest absolute Gasteiger partial charge is 0.480 e. The predicted octanol–water partition coefficient (Wildman–Crippen LogP) is 3.22. The van der Waals surface area contributed by atoms with Crippen molar-refractivity contribution in [2.24, 2.45) is 5.92 Å². The maximum Gasteiger partial charge on any atom is 0.329 e. The third-order valence-corrected chi connectivity index (χ3v) is 5.04. The van der Waals surface area contributed by atoms with E-state index in [9.17, 15) is 14.7 Å². The molecule has 5 heteroatoms. The van der Waals surface area contributed by atoms with Gasteiger partial charge in [-0.3, -0.25) is 4.79 Å². The fourth-order valence-corrected chi connectivity index (χ4v) is 3.72. The number of amides is 1. The lowest BCUT2D eigenvalue weighted by Gasteiger charge is -2.36. The van der Waals surface area contributed by atoms with Crippen LogP contribution in [0.25, 0.3) is 6.08 Å². The van der Waals surface area contributed by atoms with Gasteiger partial charge < -0.3 is 10.4 Å². The first-order chi connectivity index (χ1) is 9.93. The Morgan fingerprint density at radius 3 is 2.86 bits per heavy atom. The zero-order valence-corrected chi connectivity index (χ0v) is 13.2. The summed E-state index contributed by atoms with van der Waals surface area (Å²) in [6, 6.07) is 1.99. The zero-order valence-electron chi connectivity index (χ0n) is 12.4. The van der Waals surface area contributed by atoms with Crippen LogP contribution in [0.15, 0.2) is 17.5 Å². The van der Waals surface area contributed by atoms with Crippen molar-refractivity contribution in [3.05, 3.63) is 28.0 Å². The minimum atomic E-state index is -1.11. The van der Waals surface area contributed by atoms with Gasteiger partial charge >= 0.3 is 5.97 Å². The number of hydrogen-bond acceptors (Lipinski definition) is 3. The SMILES string of the molecule is Cc1ccsc1/C=C/C(=O)NC1(C(=O)O)CCCC(C)C1. The van der Waals surface area contributed by atoms with Crippen LogP contribution >= 0.6 is 11.3 Å². The molecule has 0 aromatic carbocycles. The quantitative estimate of drug-likeness (QED) is 0.839. The van der Waals surface area contributed by atoms with Crippen molar-refractivity contribution in [1.82, 2.24) is 5.32 Å². The Labute approximate surface area is 128 Å². The number of thiophene rings is 1. The number of carbonyl (C=O) groups excluding carboxylic acids is 1. The molecular formula is C16H21NO3S. The van der Waals surface area contributed by atoms with Gasteiger partial charge in [-0.1, -0.05) is 19.8 Å². The molecule has 21 heavy (non-hydrogen) atoms. The number of aliphatic carboxylic acids is 1. The van der Waals surface area contributed by atoms with E-state index < -0.39 is 11.5 Å². The molecule has 0 saturated heterocycles.